The number of alkyl halides is 3. The number of nitrogens with two attached hydrogens (primary N) is 1. The predicted octanol–water partition coefficient (Wildman–Crippen LogP) is 5.63. The third-order valence-electron chi connectivity index (χ3n) is 9.91. The number of hydrogen-bond acceptors (Lipinski definition) is 10. The van der Waals surface area contributed by atoms with E-state index in [1.54, 1.807) is 0 Å². The number of aromatic nitrogens is 3. The third-order valence-corrected chi connectivity index (χ3v) is 13.4. The zero-order valence-corrected chi connectivity index (χ0v) is 28.3. The van der Waals surface area contributed by atoms with Crippen LogP contribution in [0.2, 0.25) is 5.02 Å². The molecule has 2 atom stereocenters. The van der Waals surface area contributed by atoms with Crippen LogP contribution in [0.3, 0.4) is 0 Å². The summed E-state index contributed by atoms with van der Waals surface area (Å²) in [6, 6.07) is 3.47. The quantitative estimate of drug-likeness (QED) is 0.241. The number of halogens is 6. The predicted molar refractivity (Wildman–Crippen MR) is 177 cm³/mol. The lowest BCUT2D eigenvalue weighted by atomic mass is 9.95. The molecule has 18 heteroatoms. The summed E-state index contributed by atoms with van der Waals surface area (Å²) in [5.41, 5.74) is 4.99. The number of thiazole rings is 1. The molecule has 49 heavy (non-hydrogen) atoms. The van der Waals surface area contributed by atoms with E-state index >= 15 is 13.2 Å². The number of ether oxygens (including phenoxy) is 1. The van der Waals surface area contributed by atoms with Gasteiger partial charge in [-0.15, -0.1) is 0 Å². The van der Waals surface area contributed by atoms with Crippen molar-refractivity contribution in [3.05, 3.63) is 34.9 Å². The Balaban J connectivity index is 1.25. The van der Waals surface area contributed by atoms with Gasteiger partial charge in [-0.2, -0.15) is 14.3 Å². The number of nitrogens with zero attached hydrogens (tertiary/aromatic N) is 6. The van der Waals surface area contributed by atoms with Crippen LogP contribution in [-0.4, -0.2) is 101 Å². The molecule has 0 amide bonds. The number of nitrogen functional groups attached to an aromatic ring is 1. The van der Waals surface area contributed by atoms with Crippen LogP contribution in [0.1, 0.15) is 32.1 Å². The second-order valence-electron chi connectivity index (χ2n) is 13.3. The third kappa shape index (κ3) is 5.74. The van der Waals surface area contributed by atoms with E-state index in [4.69, 9.17) is 22.1 Å². The Bertz CT molecular complexity index is 2100. The molecule has 262 valence electrons. The van der Waals surface area contributed by atoms with Gasteiger partial charge < -0.3 is 15.4 Å². The molecule has 3 aliphatic heterocycles. The first-order valence-corrected chi connectivity index (χ1v) is 18.6. The first-order chi connectivity index (χ1) is 23.2. The standard InChI is InChI=1S/C31H31ClF5N7O3S2/c32-20-10-19-24(23(35)22(20)18-4-5-21(34)26-25(18)39-28(38)48-26)40-29(47-15-30-6-1-7-43(30)12-16(33)11-30)41-27(19)42-8-9-44(14-31(36,37)13-42)49(45,46)17-2-3-17/h4-5,10,16-17H,1-3,6-9,11-15H2,(H2,38,39)/t16-,30+/m1/s1. The fraction of sp³-hybridized carbons (Fsp3) is 0.516. The molecule has 10 nitrogen and oxygen atoms in total. The highest BCUT2D eigenvalue weighted by atomic mass is 35.5. The van der Waals surface area contributed by atoms with E-state index in [2.05, 4.69) is 15.0 Å². The number of anilines is 2. The Hall–Kier alpha value is -3.12. The van der Waals surface area contributed by atoms with Crippen LogP contribution in [0.4, 0.5) is 32.9 Å². The van der Waals surface area contributed by atoms with Crippen LogP contribution in [0.15, 0.2) is 18.2 Å². The summed E-state index contributed by atoms with van der Waals surface area (Å²) < 4.78 is 110. The molecule has 3 saturated heterocycles. The Labute approximate surface area is 287 Å². The Morgan fingerprint density at radius 3 is 2.65 bits per heavy atom. The Morgan fingerprint density at radius 2 is 1.88 bits per heavy atom. The van der Waals surface area contributed by atoms with Crippen molar-refractivity contribution < 1.29 is 35.1 Å². The van der Waals surface area contributed by atoms with Crippen molar-refractivity contribution in [2.75, 3.05) is 56.5 Å². The summed E-state index contributed by atoms with van der Waals surface area (Å²) in [5.74, 6) is -5.18. The second kappa shape index (κ2) is 11.7. The van der Waals surface area contributed by atoms with Crippen LogP contribution in [-0.2, 0) is 10.0 Å². The summed E-state index contributed by atoms with van der Waals surface area (Å²) in [7, 11) is -3.93. The van der Waals surface area contributed by atoms with E-state index in [1.807, 2.05) is 4.90 Å². The van der Waals surface area contributed by atoms with Crippen LogP contribution in [0.25, 0.3) is 32.2 Å². The van der Waals surface area contributed by atoms with Gasteiger partial charge >= 0.3 is 6.01 Å². The lowest BCUT2D eigenvalue weighted by Crippen LogP contribution is -2.43. The smallest absolute Gasteiger partial charge is 0.319 e. The molecule has 4 aromatic rings. The van der Waals surface area contributed by atoms with Gasteiger partial charge in [0.2, 0.25) is 10.0 Å². The van der Waals surface area contributed by atoms with Gasteiger partial charge in [0, 0.05) is 42.6 Å². The molecule has 0 bridgehead atoms. The monoisotopic (exact) mass is 743 g/mol. The lowest BCUT2D eigenvalue weighted by Gasteiger charge is -2.31. The molecule has 1 saturated carbocycles. The van der Waals surface area contributed by atoms with Gasteiger partial charge in [-0.3, -0.25) is 4.90 Å². The van der Waals surface area contributed by atoms with E-state index in [1.165, 1.54) is 17.0 Å². The zero-order chi connectivity index (χ0) is 34.5. The molecule has 0 unspecified atom stereocenters. The molecule has 4 fully saturated rings. The maximum atomic E-state index is 16.8. The molecule has 8 rings (SSSR count). The van der Waals surface area contributed by atoms with Gasteiger partial charge in [0.15, 0.2) is 10.9 Å². The van der Waals surface area contributed by atoms with E-state index in [9.17, 15) is 17.2 Å². The Kier molecular flexibility index (Phi) is 7.90. The van der Waals surface area contributed by atoms with Crippen molar-refractivity contribution in [1.82, 2.24) is 24.2 Å². The number of fused-ring (bicyclic) bond motifs is 3. The van der Waals surface area contributed by atoms with Crippen molar-refractivity contribution in [3.63, 3.8) is 0 Å². The number of hydrogen-bond donors (Lipinski definition) is 1. The van der Waals surface area contributed by atoms with Crippen LogP contribution < -0.4 is 15.4 Å². The Morgan fingerprint density at radius 1 is 1.08 bits per heavy atom. The zero-order valence-electron chi connectivity index (χ0n) is 25.9. The molecule has 1 aliphatic carbocycles. The average molecular weight is 744 g/mol. The highest BCUT2D eigenvalue weighted by Gasteiger charge is 2.50. The van der Waals surface area contributed by atoms with Crippen LogP contribution in [0.5, 0.6) is 6.01 Å². The SMILES string of the molecule is Nc1nc2c(-c3c(Cl)cc4c(N5CCN(S(=O)(=O)C6CC6)CC(F)(F)C5)nc(OC[C@@]56CCCN5C[C@H](F)C6)nc4c3F)ccc(F)c2s1. The molecule has 2 aromatic heterocycles. The summed E-state index contributed by atoms with van der Waals surface area (Å²) in [6.45, 7) is -1.42. The van der Waals surface area contributed by atoms with E-state index in [0.717, 1.165) is 28.1 Å². The molecular formula is C31H31ClF5N7O3S2. The maximum absolute atomic E-state index is 16.8. The fourth-order valence-electron chi connectivity index (χ4n) is 7.51. The molecule has 2 aromatic carbocycles. The topological polar surface area (TPSA) is 118 Å². The molecule has 2 N–H and O–H groups in total. The van der Waals surface area contributed by atoms with E-state index in [0.29, 0.717) is 25.8 Å². The highest BCUT2D eigenvalue weighted by molar-refractivity contribution is 7.90. The summed E-state index contributed by atoms with van der Waals surface area (Å²) >= 11 is 7.59. The van der Waals surface area contributed by atoms with Crippen molar-refractivity contribution in [3.8, 4) is 17.1 Å². The molecule has 4 aliphatic rings. The minimum absolute atomic E-state index is 0.0132. The molecule has 0 spiro atoms. The average Bonchev–Trinajstić information content (AvgIpc) is 3.67. The van der Waals surface area contributed by atoms with E-state index < -0.39 is 57.6 Å². The van der Waals surface area contributed by atoms with Crippen molar-refractivity contribution in [2.45, 2.75) is 55.0 Å². The van der Waals surface area contributed by atoms with E-state index in [-0.39, 0.29) is 86.9 Å². The minimum Gasteiger partial charge on any atom is -0.461 e. The normalized spacial score (nSPS) is 24.9. The van der Waals surface area contributed by atoms with Crippen molar-refractivity contribution in [1.29, 1.82) is 0 Å². The molecule has 0 radical (unpaired) electrons. The first-order valence-electron chi connectivity index (χ1n) is 15.9. The van der Waals surface area contributed by atoms with Gasteiger partial charge in [0.1, 0.15) is 29.9 Å². The van der Waals surface area contributed by atoms with Crippen molar-refractivity contribution in [2.24, 2.45) is 0 Å². The second-order valence-corrected chi connectivity index (χ2v) is 17.0. The van der Waals surface area contributed by atoms with Gasteiger partial charge in [0.05, 0.1) is 39.1 Å². The van der Waals surface area contributed by atoms with Gasteiger partial charge in [-0.05, 0) is 50.4 Å². The fourth-order valence-corrected chi connectivity index (χ4v) is 10.4. The van der Waals surface area contributed by atoms with Crippen molar-refractivity contribution >= 4 is 65.0 Å². The maximum Gasteiger partial charge on any atom is 0.319 e. The van der Waals surface area contributed by atoms with Gasteiger partial charge in [0.25, 0.3) is 5.92 Å². The molecule has 5 heterocycles. The molecular weight excluding hydrogens is 713 g/mol. The first kappa shape index (κ1) is 33.0. The number of sulfonamides is 1. The largest absolute Gasteiger partial charge is 0.461 e. The lowest BCUT2D eigenvalue weighted by molar-refractivity contribution is 0.000517. The van der Waals surface area contributed by atoms with Crippen LogP contribution in [0, 0.1) is 11.6 Å². The minimum atomic E-state index is -3.93. The van der Waals surface area contributed by atoms with Gasteiger partial charge in [-0.25, -0.2) is 35.4 Å². The number of rotatable bonds is 7. The summed E-state index contributed by atoms with van der Waals surface area (Å²) in [4.78, 5) is 16.3. The number of benzene rings is 2. The van der Waals surface area contributed by atoms with Gasteiger partial charge in [-0.1, -0.05) is 22.9 Å². The summed E-state index contributed by atoms with van der Waals surface area (Å²) in [6.07, 6.45) is 1.54. The summed E-state index contributed by atoms with van der Waals surface area (Å²) in [5, 5.41) is -0.792. The highest BCUT2D eigenvalue weighted by Crippen LogP contribution is 2.44. The van der Waals surface area contributed by atoms with Crippen LogP contribution >= 0.6 is 22.9 Å².